The number of anilines is 1. The summed E-state index contributed by atoms with van der Waals surface area (Å²) in [6, 6.07) is 0. The molecular formula is C15H19N3O3S. The van der Waals surface area contributed by atoms with E-state index in [0.29, 0.717) is 23.5 Å². The van der Waals surface area contributed by atoms with E-state index in [-0.39, 0.29) is 30.3 Å². The van der Waals surface area contributed by atoms with Crippen LogP contribution >= 0.6 is 11.3 Å². The number of thiazole rings is 1. The van der Waals surface area contributed by atoms with Crippen LogP contribution in [-0.2, 0) is 9.59 Å². The van der Waals surface area contributed by atoms with Crippen LogP contribution in [0.25, 0.3) is 0 Å². The van der Waals surface area contributed by atoms with Gasteiger partial charge in [0.1, 0.15) is 0 Å². The number of likely N-dealkylation sites (tertiary alicyclic amines) is 1. The number of aliphatic hydroxyl groups is 1. The molecular weight excluding hydrogens is 302 g/mol. The minimum atomic E-state index is -0.250. The van der Waals surface area contributed by atoms with Gasteiger partial charge in [0.05, 0.1) is 12.0 Å². The van der Waals surface area contributed by atoms with Crippen LogP contribution in [-0.4, -0.2) is 52.5 Å². The Morgan fingerprint density at radius 2 is 2.00 bits per heavy atom. The van der Waals surface area contributed by atoms with Gasteiger partial charge in [0.15, 0.2) is 5.13 Å². The van der Waals surface area contributed by atoms with E-state index >= 15 is 0 Å². The first-order chi connectivity index (χ1) is 10.6. The Balaban J connectivity index is 1.41. The summed E-state index contributed by atoms with van der Waals surface area (Å²) in [6.45, 7) is 1.92. The number of aliphatic hydroxyl groups excluding tert-OH is 1. The predicted octanol–water partition coefficient (Wildman–Crippen LogP) is 0.725. The number of hydrogen-bond donors (Lipinski definition) is 1. The Hall–Kier alpha value is -1.47. The van der Waals surface area contributed by atoms with E-state index in [2.05, 4.69) is 4.98 Å². The highest BCUT2D eigenvalue weighted by Crippen LogP contribution is 2.39. The maximum atomic E-state index is 12.7. The van der Waals surface area contributed by atoms with Crippen LogP contribution in [0.5, 0.6) is 0 Å². The van der Waals surface area contributed by atoms with Crippen molar-refractivity contribution in [3.05, 3.63) is 11.6 Å². The van der Waals surface area contributed by atoms with Crippen LogP contribution in [0.3, 0.4) is 0 Å². The summed E-state index contributed by atoms with van der Waals surface area (Å²) in [5, 5.41) is 12.2. The van der Waals surface area contributed by atoms with Gasteiger partial charge in [0.25, 0.3) is 0 Å². The molecule has 118 valence electrons. The number of carbonyl (C=O) groups excluding carboxylic acids is 2. The van der Waals surface area contributed by atoms with Gasteiger partial charge in [-0.25, -0.2) is 4.98 Å². The molecule has 0 radical (unpaired) electrons. The van der Waals surface area contributed by atoms with E-state index in [1.165, 1.54) is 11.3 Å². The smallest absolute Gasteiger partial charge is 0.229 e. The maximum Gasteiger partial charge on any atom is 0.229 e. The van der Waals surface area contributed by atoms with E-state index in [4.69, 9.17) is 0 Å². The van der Waals surface area contributed by atoms with E-state index in [1.54, 1.807) is 11.1 Å². The SMILES string of the molecule is O=C(C1CC(=O)N(c2nccs2)C1)N1C[C@H]2CC(O)C[C@H]2C1. The molecule has 22 heavy (non-hydrogen) atoms. The first-order valence-electron chi connectivity index (χ1n) is 7.78. The largest absolute Gasteiger partial charge is 0.393 e. The van der Waals surface area contributed by atoms with E-state index in [1.807, 2.05) is 10.3 Å². The Morgan fingerprint density at radius 1 is 1.27 bits per heavy atom. The molecule has 1 N–H and O–H groups in total. The van der Waals surface area contributed by atoms with Crippen LogP contribution in [0.2, 0.25) is 0 Å². The normalized spacial score (nSPS) is 34.5. The minimum absolute atomic E-state index is 0.0110. The van der Waals surface area contributed by atoms with Crippen molar-refractivity contribution in [3.63, 3.8) is 0 Å². The first kappa shape index (κ1) is 14.1. The highest BCUT2D eigenvalue weighted by molar-refractivity contribution is 7.13. The summed E-state index contributed by atoms with van der Waals surface area (Å²) in [7, 11) is 0. The van der Waals surface area contributed by atoms with Crippen molar-refractivity contribution in [3.8, 4) is 0 Å². The molecule has 2 amide bonds. The van der Waals surface area contributed by atoms with Crippen molar-refractivity contribution in [2.24, 2.45) is 17.8 Å². The molecule has 0 spiro atoms. The number of rotatable bonds is 2. The summed E-state index contributed by atoms with van der Waals surface area (Å²) in [6.07, 6.45) is 3.38. The fraction of sp³-hybridized carbons (Fsp3) is 0.667. The molecule has 2 unspecified atom stereocenters. The molecule has 1 aliphatic carbocycles. The van der Waals surface area contributed by atoms with Crippen LogP contribution in [0.15, 0.2) is 11.6 Å². The van der Waals surface area contributed by atoms with Crippen molar-refractivity contribution in [2.45, 2.75) is 25.4 Å². The molecule has 0 bridgehead atoms. The minimum Gasteiger partial charge on any atom is -0.393 e. The van der Waals surface area contributed by atoms with Crippen molar-refractivity contribution in [1.29, 1.82) is 0 Å². The Labute approximate surface area is 132 Å². The zero-order chi connectivity index (χ0) is 15.3. The molecule has 4 rings (SSSR count). The average Bonchev–Trinajstić information content (AvgIpc) is 3.19. The molecule has 3 aliphatic rings. The van der Waals surface area contributed by atoms with Crippen molar-refractivity contribution in [2.75, 3.05) is 24.5 Å². The monoisotopic (exact) mass is 321 g/mol. The lowest BCUT2D eigenvalue weighted by molar-refractivity contribution is -0.135. The summed E-state index contributed by atoms with van der Waals surface area (Å²) in [4.78, 5) is 32.5. The van der Waals surface area contributed by atoms with Crippen LogP contribution in [0, 0.1) is 17.8 Å². The molecule has 6 nitrogen and oxygen atoms in total. The van der Waals surface area contributed by atoms with Crippen molar-refractivity contribution >= 4 is 28.3 Å². The predicted molar refractivity (Wildman–Crippen MR) is 81.4 cm³/mol. The van der Waals surface area contributed by atoms with Gasteiger partial charge in [-0.1, -0.05) is 0 Å². The standard InChI is InChI=1S/C15H19N3O3S/c19-12-3-9-6-17(7-10(9)4-12)14(21)11-5-13(20)18(8-11)15-16-1-2-22-15/h1-2,9-12,19H,3-8H2/t9-,10+,11?,12?. The number of hydrogen-bond acceptors (Lipinski definition) is 5. The zero-order valence-electron chi connectivity index (χ0n) is 12.2. The lowest BCUT2D eigenvalue weighted by atomic mass is 10.0. The Kier molecular flexibility index (Phi) is 3.41. The molecule has 4 atom stereocenters. The Bertz CT molecular complexity index is 577. The Morgan fingerprint density at radius 3 is 2.64 bits per heavy atom. The number of carbonyl (C=O) groups is 2. The van der Waals surface area contributed by atoms with Gasteiger partial charge >= 0.3 is 0 Å². The molecule has 0 aromatic carbocycles. The summed E-state index contributed by atoms with van der Waals surface area (Å²) in [5.41, 5.74) is 0. The number of amides is 2. The fourth-order valence-corrected chi connectivity index (χ4v) is 4.78. The van der Waals surface area contributed by atoms with Crippen LogP contribution < -0.4 is 4.90 Å². The summed E-state index contributed by atoms with van der Waals surface area (Å²) >= 11 is 1.42. The third kappa shape index (κ3) is 2.32. The van der Waals surface area contributed by atoms with Gasteiger partial charge in [0, 0.05) is 37.6 Å². The topological polar surface area (TPSA) is 73.7 Å². The highest BCUT2D eigenvalue weighted by Gasteiger charge is 2.45. The van der Waals surface area contributed by atoms with Crippen LogP contribution in [0.4, 0.5) is 5.13 Å². The van der Waals surface area contributed by atoms with E-state index in [9.17, 15) is 14.7 Å². The third-order valence-electron chi connectivity index (χ3n) is 5.16. The summed E-state index contributed by atoms with van der Waals surface area (Å²) in [5.74, 6) is 0.705. The quantitative estimate of drug-likeness (QED) is 0.871. The third-order valence-corrected chi connectivity index (χ3v) is 5.96. The highest BCUT2D eigenvalue weighted by atomic mass is 32.1. The number of aromatic nitrogens is 1. The zero-order valence-corrected chi connectivity index (χ0v) is 13.0. The van der Waals surface area contributed by atoms with Gasteiger partial charge in [-0.05, 0) is 24.7 Å². The number of fused-ring (bicyclic) bond motifs is 1. The lowest BCUT2D eigenvalue weighted by Crippen LogP contribution is -2.36. The average molecular weight is 321 g/mol. The second-order valence-corrected chi connectivity index (χ2v) is 7.48. The van der Waals surface area contributed by atoms with Crippen molar-refractivity contribution in [1.82, 2.24) is 9.88 Å². The molecule has 1 aromatic heterocycles. The molecule has 1 saturated carbocycles. The van der Waals surface area contributed by atoms with Crippen molar-refractivity contribution < 1.29 is 14.7 Å². The van der Waals surface area contributed by atoms with E-state index in [0.717, 1.165) is 25.9 Å². The summed E-state index contributed by atoms with van der Waals surface area (Å²) < 4.78 is 0. The van der Waals surface area contributed by atoms with Gasteiger partial charge < -0.3 is 10.0 Å². The molecule has 3 heterocycles. The second kappa shape index (κ2) is 5.31. The maximum absolute atomic E-state index is 12.7. The lowest BCUT2D eigenvalue weighted by Gasteiger charge is -2.21. The molecule has 2 saturated heterocycles. The molecule has 2 aliphatic heterocycles. The second-order valence-electron chi connectivity index (χ2n) is 6.61. The van der Waals surface area contributed by atoms with Gasteiger partial charge in [0.2, 0.25) is 11.8 Å². The molecule has 1 aromatic rings. The molecule has 7 heteroatoms. The number of nitrogens with zero attached hydrogens (tertiary/aromatic N) is 3. The van der Waals surface area contributed by atoms with E-state index < -0.39 is 0 Å². The molecule has 3 fully saturated rings. The van der Waals surface area contributed by atoms with Crippen LogP contribution in [0.1, 0.15) is 19.3 Å². The van der Waals surface area contributed by atoms with Gasteiger partial charge in [-0.2, -0.15) is 0 Å². The first-order valence-corrected chi connectivity index (χ1v) is 8.66. The van der Waals surface area contributed by atoms with Gasteiger partial charge in [-0.3, -0.25) is 14.5 Å². The fourth-order valence-electron chi connectivity index (χ4n) is 4.11. The van der Waals surface area contributed by atoms with Gasteiger partial charge in [-0.15, -0.1) is 11.3 Å².